The molecule has 1 aromatic rings. The van der Waals surface area contributed by atoms with Gasteiger partial charge in [0.25, 0.3) is 0 Å². The molecule has 1 aromatic carbocycles. The molecule has 0 saturated carbocycles. The molecule has 1 aliphatic heterocycles. The normalized spacial score (nSPS) is 20.1. The molecular formula is C12H17BrN2O. The van der Waals surface area contributed by atoms with Gasteiger partial charge in [0.2, 0.25) is 0 Å². The minimum atomic E-state index is 0.496. The zero-order chi connectivity index (χ0) is 11.5. The number of nitrogens with zero attached hydrogens (tertiary/aromatic N) is 1. The zero-order valence-corrected chi connectivity index (χ0v) is 11.0. The highest BCUT2D eigenvalue weighted by Gasteiger charge is 2.20. The fourth-order valence-electron chi connectivity index (χ4n) is 1.96. The number of likely N-dealkylation sites (N-methyl/N-ethyl adjacent to an activating group) is 1. The minimum absolute atomic E-state index is 0.496. The summed E-state index contributed by atoms with van der Waals surface area (Å²) in [6, 6.07) is 6.81. The van der Waals surface area contributed by atoms with Crippen LogP contribution < -0.4 is 10.6 Å². The van der Waals surface area contributed by atoms with Gasteiger partial charge in [0.1, 0.15) is 0 Å². The molecule has 1 aliphatic rings. The number of hydrogen-bond donors (Lipinski definition) is 1. The van der Waals surface area contributed by atoms with Gasteiger partial charge in [-0.1, -0.05) is 22.0 Å². The van der Waals surface area contributed by atoms with Crippen molar-refractivity contribution in [3.05, 3.63) is 28.2 Å². The quantitative estimate of drug-likeness (QED) is 0.924. The van der Waals surface area contributed by atoms with Crippen LogP contribution in [0.2, 0.25) is 0 Å². The van der Waals surface area contributed by atoms with Crippen LogP contribution in [0.5, 0.6) is 0 Å². The van der Waals surface area contributed by atoms with Crippen LogP contribution in [0.3, 0.4) is 0 Å². The summed E-state index contributed by atoms with van der Waals surface area (Å²) < 4.78 is 6.48. The second kappa shape index (κ2) is 5.17. The Kier molecular flexibility index (Phi) is 3.84. The summed E-state index contributed by atoms with van der Waals surface area (Å²) in [4.78, 5) is 2.28. The average molecular weight is 285 g/mol. The van der Waals surface area contributed by atoms with E-state index in [0.29, 0.717) is 12.6 Å². The van der Waals surface area contributed by atoms with E-state index in [1.165, 1.54) is 5.69 Å². The summed E-state index contributed by atoms with van der Waals surface area (Å²) in [7, 11) is 2.11. The summed E-state index contributed by atoms with van der Waals surface area (Å²) >= 11 is 3.55. The minimum Gasteiger partial charge on any atom is -0.379 e. The Labute approximate surface area is 105 Å². The molecule has 2 N–H and O–H groups in total. The molecule has 16 heavy (non-hydrogen) atoms. The summed E-state index contributed by atoms with van der Waals surface area (Å²) in [6.07, 6.45) is 1.10. The third kappa shape index (κ3) is 2.39. The number of rotatable bonds is 3. The summed E-state index contributed by atoms with van der Waals surface area (Å²) in [5.41, 5.74) is 7.98. The van der Waals surface area contributed by atoms with E-state index in [-0.39, 0.29) is 0 Å². The predicted octanol–water partition coefficient (Wildman–Crippen LogP) is 2.13. The Morgan fingerprint density at radius 3 is 2.94 bits per heavy atom. The Hall–Kier alpha value is -0.580. The molecule has 0 spiro atoms. The molecular weight excluding hydrogens is 268 g/mol. The van der Waals surface area contributed by atoms with E-state index in [2.05, 4.69) is 46.1 Å². The second-order valence-electron chi connectivity index (χ2n) is 4.11. The molecule has 88 valence electrons. The number of benzene rings is 1. The summed E-state index contributed by atoms with van der Waals surface area (Å²) in [5, 5.41) is 0. The van der Waals surface area contributed by atoms with Crippen molar-refractivity contribution >= 4 is 21.6 Å². The third-order valence-corrected chi connectivity index (χ3v) is 3.86. The van der Waals surface area contributed by atoms with Crippen LogP contribution in [0.25, 0.3) is 0 Å². The zero-order valence-electron chi connectivity index (χ0n) is 9.45. The SMILES string of the molecule is CN(c1ccc(CN)c(Br)c1)C1CCOC1. The first-order valence-corrected chi connectivity index (χ1v) is 6.30. The van der Waals surface area contributed by atoms with Gasteiger partial charge in [-0.05, 0) is 24.1 Å². The van der Waals surface area contributed by atoms with E-state index in [1.807, 2.05) is 0 Å². The Bertz CT molecular complexity index is 364. The number of hydrogen-bond acceptors (Lipinski definition) is 3. The number of nitrogens with two attached hydrogens (primary N) is 1. The highest BCUT2D eigenvalue weighted by Crippen LogP contribution is 2.26. The molecule has 2 rings (SSSR count). The molecule has 1 saturated heterocycles. The van der Waals surface area contributed by atoms with E-state index in [0.717, 1.165) is 29.7 Å². The van der Waals surface area contributed by atoms with Gasteiger partial charge in [-0.2, -0.15) is 0 Å². The van der Waals surface area contributed by atoms with Crippen LogP contribution in [0.15, 0.2) is 22.7 Å². The van der Waals surface area contributed by atoms with Crippen molar-refractivity contribution in [1.29, 1.82) is 0 Å². The largest absolute Gasteiger partial charge is 0.379 e. The lowest BCUT2D eigenvalue weighted by Gasteiger charge is -2.25. The van der Waals surface area contributed by atoms with Crippen LogP contribution >= 0.6 is 15.9 Å². The van der Waals surface area contributed by atoms with Gasteiger partial charge in [-0.25, -0.2) is 0 Å². The van der Waals surface area contributed by atoms with Crippen molar-refractivity contribution in [2.45, 2.75) is 19.0 Å². The molecule has 4 heteroatoms. The Morgan fingerprint density at radius 1 is 1.56 bits per heavy atom. The van der Waals surface area contributed by atoms with Gasteiger partial charge < -0.3 is 15.4 Å². The van der Waals surface area contributed by atoms with Crippen molar-refractivity contribution < 1.29 is 4.74 Å². The molecule has 1 fully saturated rings. The standard InChI is InChI=1S/C12H17BrN2O/c1-15(11-4-5-16-8-11)10-3-2-9(7-14)12(13)6-10/h2-3,6,11H,4-5,7-8,14H2,1H3. The van der Waals surface area contributed by atoms with E-state index in [9.17, 15) is 0 Å². The fraction of sp³-hybridized carbons (Fsp3) is 0.500. The Balaban J connectivity index is 2.16. The number of ether oxygens (including phenoxy) is 1. The number of anilines is 1. The van der Waals surface area contributed by atoms with Crippen molar-refractivity contribution in [2.75, 3.05) is 25.2 Å². The van der Waals surface area contributed by atoms with Gasteiger partial charge in [0.15, 0.2) is 0 Å². The van der Waals surface area contributed by atoms with E-state index in [4.69, 9.17) is 10.5 Å². The molecule has 0 amide bonds. The molecule has 1 atom stereocenters. The van der Waals surface area contributed by atoms with Gasteiger partial charge >= 0.3 is 0 Å². The van der Waals surface area contributed by atoms with Crippen molar-refractivity contribution in [3.8, 4) is 0 Å². The van der Waals surface area contributed by atoms with Gasteiger partial charge in [-0.3, -0.25) is 0 Å². The van der Waals surface area contributed by atoms with Crippen LogP contribution in [0, 0.1) is 0 Å². The molecule has 0 aromatic heterocycles. The predicted molar refractivity (Wildman–Crippen MR) is 69.7 cm³/mol. The lowest BCUT2D eigenvalue weighted by molar-refractivity contribution is 0.193. The van der Waals surface area contributed by atoms with Crippen molar-refractivity contribution in [2.24, 2.45) is 5.73 Å². The molecule has 1 unspecified atom stereocenters. The fourth-order valence-corrected chi connectivity index (χ4v) is 2.49. The summed E-state index contributed by atoms with van der Waals surface area (Å²) in [6.45, 7) is 2.26. The van der Waals surface area contributed by atoms with Crippen LogP contribution in [-0.4, -0.2) is 26.3 Å². The van der Waals surface area contributed by atoms with Crippen LogP contribution in [0.1, 0.15) is 12.0 Å². The highest BCUT2D eigenvalue weighted by molar-refractivity contribution is 9.10. The highest BCUT2D eigenvalue weighted by atomic mass is 79.9. The van der Waals surface area contributed by atoms with Crippen LogP contribution in [-0.2, 0) is 11.3 Å². The lowest BCUT2D eigenvalue weighted by atomic mass is 10.1. The smallest absolute Gasteiger partial charge is 0.0670 e. The molecule has 1 heterocycles. The van der Waals surface area contributed by atoms with Gasteiger partial charge in [-0.15, -0.1) is 0 Å². The van der Waals surface area contributed by atoms with Gasteiger partial charge in [0.05, 0.1) is 12.6 Å². The molecule has 0 radical (unpaired) electrons. The summed E-state index contributed by atoms with van der Waals surface area (Å²) in [5.74, 6) is 0. The van der Waals surface area contributed by atoms with E-state index >= 15 is 0 Å². The maximum Gasteiger partial charge on any atom is 0.0670 e. The first kappa shape index (κ1) is 11.9. The molecule has 3 nitrogen and oxygen atoms in total. The Morgan fingerprint density at radius 2 is 2.38 bits per heavy atom. The molecule has 0 aliphatic carbocycles. The number of halogens is 1. The maximum absolute atomic E-state index is 5.64. The first-order valence-electron chi connectivity index (χ1n) is 5.51. The maximum atomic E-state index is 5.64. The van der Waals surface area contributed by atoms with Gasteiger partial charge in [0, 0.05) is 30.4 Å². The van der Waals surface area contributed by atoms with Crippen LogP contribution in [0.4, 0.5) is 5.69 Å². The first-order chi connectivity index (χ1) is 7.72. The van der Waals surface area contributed by atoms with E-state index < -0.39 is 0 Å². The molecule has 0 bridgehead atoms. The van der Waals surface area contributed by atoms with Crippen molar-refractivity contribution in [3.63, 3.8) is 0 Å². The lowest BCUT2D eigenvalue weighted by Crippen LogP contribution is -2.31. The monoisotopic (exact) mass is 284 g/mol. The topological polar surface area (TPSA) is 38.5 Å². The average Bonchev–Trinajstić information content (AvgIpc) is 2.81. The van der Waals surface area contributed by atoms with E-state index in [1.54, 1.807) is 0 Å². The second-order valence-corrected chi connectivity index (χ2v) is 4.96. The third-order valence-electron chi connectivity index (χ3n) is 3.12. The van der Waals surface area contributed by atoms with Crippen molar-refractivity contribution in [1.82, 2.24) is 0 Å².